The summed E-state index contributed by atoms with van der Waals surface area (Å²) >= 11 is 9.32. The molecule has 3 nitrogen and oxygen atoms in total. The first-order chi connectivity index (χ1) is 10.1. The van der Waals surface area contributed by atoms with Crippen LogP contribution in [0.1, 0.15) is 5.56 Å². The van der Waals surface area contributed by atoms with E-state index in [4.69, 9.17) is 17.3 Å². The third-order valence-electron chi connectivity index (χ3n) is 3.20. The van der Waals surface area contributed by atoms with E-state index in [1.54, 1.807) is 4.68 Å². The highest BCUT2D eigenvalue weighted by molar-refractivity contribution is 9.10. The standard InChI is InChI=1S/C16H13BrClN3/c17-13-5-3-12(4-6-13)15-9-16(19)21(20-15)10-11-1-7-14(18)8-2-11/h1-9H,10,19H2. The van der Waals surface area contributed by atoms with Crippen molar-refractivity contribution in [3.8, 4) is 11.3 Å². The zero-order valence-corrected chi connectivity index (χ0v) is 13.5. The Morgan fingerprint density at radius 1 is 1.05 bits per heavy atom. The average molecular weight is 363 g/mol. The molecule has 0 saturated carbocycles. The van der Waals surface area contributed by atoms with Gasteiger partial charge in [-0.15, -0.1) is 0 Å². The number of aromatic nitrogens is 2. The minimum absolute atomic E-state index is 0.625. The highest BCUT2D eigenvalue weighted by atomic mass is 79.9. The number of nitrogens with zero attached hydrogens (tertiary/aromatic N) is 2. The van der Waals surface area contributed by atoms with Crippen LogP contribution in [0.5, 0.6) is 0 Å². The smallest absolute Gasteiger partial charge is 0.122 e. The summed E-state index contributed by atoms with van der Waals surface area (Å²) in [6.07, 6.45) is 0. The van der Waals surface area contributed by atoms with Gasteiger partial charge in [-0.2, -0.15) is 5.10 Å². The molecule has 5 heteroatoms. The predicted molar refractivity (Wildman–Crippen MR) is 90.3 cm³/mol. The summed E-state index contributed by atoms with van der Waals surface area (Å²) in [5.41, 5.74) is 9.07. The van der Waals surface area contributed by atoms with Crippen LogP contribution in [0.4, 0.5) is 5.82 Å². The van der Waals surface area contributed by atoms with Gasteiger partial charge in [-0.1, -0.05) is 51.8 Å². The van der Waals surface area contributed by atoms with E-state index >= 15 is 0 Å². The van der Waals surface area contributed by atoms with Crippen LogP contribution < -0.4 is 5.73 Å². The van der Waals surface area contributed by atoms with Gasteiger partial charge in [-0.3, -0.25) is 0 Å². The molecule has 2 aromatic carbocycles. The molecule has 0 aliphatic carbocycles. The molecule has 3 rings (SSSR count). The summed E-state index contributed by atoms with van der Waals surface area (Å²) in [6, 6.07) is 17.6. The van der Waals surface area contributed by atoms with Crippen molar-refractivity contribution in [1.82, 2.24) is 9.78 Å². The molecular weight excluding hydrogens is 350 g/mol. The summed E-state index contributed by atoms with van der Waals surface area (Å²) in [5, 5.41) is 5.30. The molecule has 0 bridgehead atoms. The van der Waals surface area contributed by atoms with Crippen molar-refractivity contribution in [2.75, 3.05) is 5.73 Å². The maximum Gasteiger partial charge on any atom is 0.122 e. The maximum absolute atomic E-state index is 6.05. The molecule has 0 saturated heterocycles. The Labute approximate surface area is 136 Å². The van der Waals surface area contributed by atoms with Crippen LogP contribution in [0.25, 0.3) is 11.3 Å². The number of hydrogen-bond donors (Lipinski definition) is 1. The van der Waals surface area contributed by atoms with Gasteiger partial charge in [-0.25, -0.2) is 4.68 Å². The maximum atomic E-state index is 6.05. The van der Waals surface area contributed by atoms with Crippen molar-refractivity contribution in [3.63, 3.8) is 0 Å². The van der Waals surface area contributed by atoms with E-state index in [1.165, 1.54) is 0 Å². The normalized spacial score (nSPS) is 10.8. The fourth-order valence-electron chi connectivity index (χ4n) is 2.08. The lowest BCUT2D eigenvalue weighted by molar-refractivity contribution is 0.700. The second kappa shape index (κ2) is 5.92. The molecule has 0 aliphatic heterocycles. The highest BCUT2D eigenvalue weighted by Gasteiger charge is 2.07. The first-order valence-corrected chi connectivity index (χ1v) is 7.62. The molecule has 0 spiro atoms. The van der Waals surface area contributed by atoms with E-state index < -0.39 is 0 Å². The van der Waals surface area contributed by atoms with E-state index in [9.17, 15) is 0 Å². The van der Waals surface area contributed by atoms with Crippen molar-refractivity contribution in [3.05, 3.63) is 69.7 Å². The van der Waals surface area contributed by atoms with Gasteiger partial charge in [0, 0.05) is 21.1 Å². The zero-order valence-electron chi connectivity index (χ0n) is 11.1. The van der Waals surface area contributed by atoms with E-state index in [0.717, 1.165) is 26.3 Å². The Balaban J connectivity index is 1.87. The van der Waals surface area contributed by atoms with Gasteiger partial charge in [-0.05, 0) is 29.8 Å². The summed E-state index contributed by atoms with van der Waals surface area (Å²) in [4.78, 5) is 0. The molecule has 2 N–H and O–H groups in total. The van der Waals surface area contributed by atoms with Crippen molar-refractivity contribution in [2.24, 2.45) is 0 Å². The van der Waals surface area contributed by atoms with Gasteiger partial charge < -0.3 is 5.73 Å². The summed E-state index contributed by atoms with van der Waals surface area (Å²) in [6.45, 7) is 0.625. The van der Waals surface area contributed by atoms with E-state index in [0.29, 0.717) is 12.4 Å². The van der Waals surface area contributed by atoms with Gasteiger partial charge in [0.1, 0.15) is 5.82 Å². The molecule has 3 aromatic rings. The molecular formula is C16H13BrClN3. The quantitative estimate of drug-likeness (QED) is 0.740. The van der Waals surface area contributed by atoms with Gasteiger partial charge in [0.25, 0.3) is 0 Å². The van der Waals surface area contributed by atoms with Crippen molar-refractivity contribution >= 4 is 33.3 Å². The largest absolute Gasteiger partial charge is 0.384 e. The van der Waals surface area contributed by atoms with E-state index in [-0.39, 0.29) is 0 Å². The fourth-order valence-corrected chi connectivity index (χ4v) is 2.47. The molecule has 0 amide bonds. The van der Waals surface area contributed by atoms with Gasteiger partial charge in [0.15, 0.2) is 0 Å². The monoisotopic (exact) mass is 361 g/mol. The number of hydrogen-bond acceptors (Lipinski definition) is 2. The van der Waals surface area contributed by atoms with Crippen LogP contribution in [0.3, 0.4) is 0 Å². The van der Waals surface area contributed by atoms with Crippen LogP contribution in [-0.4, -0.2) is 9.78 Å². The van der Waals surface area contributed by atoms with Crippen LogP contribution in [0.15, 0.2) is 59.1 Å². The Hall–Kier alpha value is -1.78. The van der Waals surface area contributed by atoms with Crippen LogP contribution in [0, 0.1) is 0 Å². The third kappa shape index (κ3) is 3.28. The lowest BCUT2D eigenvalue weighted by Gasteiger charge is -2.04. The third-order valence-corrected chi connectivity index (χ3v) is 3.98. The number of benzene rings is 2. The van der Waals surface area contributed by atoms with E-state index in [1.807, 2.05) is 54.6 Å². The van der Waals surface area contributed by atoms with Crippen LogP contribution >= 0.6 is 27.5 Å². The zero-order chi connectivity index (χ0) is 14.8. The summed E-state index contributed by atoms with van der Waals surface area (Å²) in [5.74, 6) is 0.642. The minimum atomic E-state index is 0.625. The second-order valence-corrected chi connectivity index (χ2v) is 6.10. The van der Waals surface area contributed by atoms with Crippen LogP contribution in [-0.2, 0) is 6.54 Å². The minimum Gasteiger partial charge on any atom is -0.384 e. The number of halogens is 2. The molecule has 106 valence electrons. The molecule has 0 fully saturated rings. The average Bonchev–Trinajstić information content (AvgIpc) is 2.83. The molecule has 1 heterocycles. The second-order valence-electron chi connectivity index (χ2n) is 4.75. The predicted octanol–water partition coefficient (Wildman–Crippen LogP) is 4.60. The molecule has 0 unspecified atom stereocenters. The Morgan fingerprint density at radius 2 is 1.71 bits per heavy atom. The Bertz CT molecular complexity index is 748. The van der Waals surface area contributed by atoms with Crippen molar-refractivity contribution in [2.45, 2.75) is 6.54 Å². The first kappa shape index (κ1) is 14.2. The van der Waals surface area contributed by atoms with Crippen molar-refractivity contribution in [1.29, 1.82) is 0 Å². The van der Waals surface area contributed by atoms with Crippen molar-refractivity contribution < 1.29 is 0 Å². The van der Waals surface area contributed by atoms with Gasteiger partial charge in [0.2, 0.25) is 0 Å². The fraction of sp³-hybridized carbons (Fsp3) is 0.0625. The van der Waals surface area contributed by atoms with Gasteiger partial charge in [0.05, 0.1) is 12.2 Å². The van der Waals surface area contributed by atoms with Gasteiger partial charge >= 0.3 is 0 Å². The molecule has 1 aromatic heterocycles. The molecule has 0 atom stereocenters. The SMILES string of the molecule is Nc1cc(-c2ccc(Br)cc2)nn1Cc1ccc(Cl)cc1. The highest BCUT2D eigenvalue weighted by Crippen LogP contribution is 2.23. The Kier molecular flexibility index (Phi) is 3.99. The molecule has 21 heavy (non-hydrogen) atoms. The summed E-state index contributed by atoms with van der Waals surface area (Å²) < 4.78 is 2.83. The van der Waals surface area contributed by atoms with Crippen LogP contribution in [0.2, 0.25) is 5.02 Å². The lowest BCUT2D eigenvalue weighted by atomic mass is 10.2. The Morgan fingerprint density at radius 3 is 2.38 bits per heavy atom. The first-order valence-electron chi connectivity index (χ1n) is 6.45. The molecule has 0 aliphatic rings. The summed E-state index contributed by atoms with van der Waals surface area (Å²) in [7, 11) is 0. The number of anilines is 1. The number of nitrogens with two attached hydrogens (primary N) is 1. The number of rotatable bonds is 3. The topological polar surface area (TPSA) is 43.8 Å². The lowest BCUT2D eigenvalue weighted by Crippen LogP contribution is -2.05. The number of nitrogen functional groups attached to an aromatic ring is 1. The van der Waals surface area contributed by atoms with E-state index in [2.05, 4.69) is 21.0 Å². The molecule has 0 radical (unpaired) electrons.